The zero-order valence-corrected chi connectivity index (χ0v) is 21.0. The highest BCUT2D eigenvalue weighted by atomic mass is 32.2. The lowest BCUT2D eigenvalue weighted by molar-refractivity contribution is -0.114. The molecule has 0 amide bonds. The Morgan fingerprint density at radius 3 is 1.32 bits per heavy atom. The molecule has 0 atom stereocenters. The van der Waals surface area contributed by atoms with Crippen LogP contribution < -0.4 is 22.5 Å². The van der Waals surface area contributed by atoms with Crippen LogP contribution in [0.15, 0.2) is 29.5 Å². The second-order valence-corrected chi connectivity index (χ2v) is 9.66. The first-order valence-electron chi connectivity index (χ1n) is 9.97. The van der Waals surface area contributed by atoms with Gasteiger partial charge in [0, 0.05) is 42.3 Å². The first-order chi connectivity index (χ1) is 16.0. The number of fused-ring (bicyclic) bond motifs is 2. The number of carbonyl (C=O) groups excluding carboxylic acids is 1. The van der Waals surface area contributed by atoms with Gasteiger partial charge in [-0.15, -0.1) is 0 Å². The van der Waals surface area contributed by atoms with Crippen molar-refractivity contribution in [2.45, 2.75) is 10.3 Å². The number of aromatic nitrogens is 8. The lowest BCUT2D eigenvalue weighted by Crippen LogP contribution is -2.37. The monoisotopic (exact) mass is 506 g/mol. The van der Waals surface area contributed by atoms with Gasteiger partial charge in [-0.1, -0.05) is 23.5 Å². The zero-order chi connectivity index (χ0) is 25.1. The first kappa shape index (κ1) is 23.8. The van der Waals surface area contributed by atoms with Crippen LogP contribution in [0.1, 0.15) is 0 Å². The largest absolute Gasteiger partial charge is 0.332 e. The molecule has 0 spiro atoms. The van der Waals surface area contributed by atoms with Crippen molar-refractivity contribution >= 4 is 51.6 Å². The molecule has 180 valence electrons. The Bertz CT molecular complexity index is 1610. The third kappa shape index (κ3) is 3.55. The van der Waals surface area contributed by atoms with E-state index in [2.05, 4.69) is 9.97 Å². The third-order valence-corrected chi connectivity index (χ3v) is 7.77. The number of imidazole rings is 2. The Balaban J connectivity index is 1.53. The molecule has 4 heterocycles. The Morgan fingerprint density at radius 1 is 0.618 bits per heavy atom. The molecule has 0 bridgehead atoms. The van der Waals surface area contributed by atoms with E-state index in [0.717, 1.165) is 32.7 Å². The van der Waals surface area contributed by atoms with E-state index in [1.54, 1.807) is 23.2 Å². The molecule has 0 N–H and O–H groups in total. The van der Waals surface area contributed by atoms with Crippen LogP contribution in [0.4, 0.5) is 0 Å². The standard InChI is InChI=1S/C19H22N8O5S2/c1-22-10-12(24(3)18(31)26(5)14(10)29)20-16(22)33-7-9(28)8-34-17-21-13-11(23(17)2)15(30)27(6)19(32)25(13)4/h7-8H2,1-6H3. The number of rotatable bonds is 6. The van der Waals surface area contributed by atoms with Crippen molar-refractivity contribution in [3.05, 3.63) is 41.7 Å². The average molecular weight is 507 g/mol. The number of hydrogen-bond acceptors (Lipinski definition) is 9. The van der Waals surface area contributed by atoms with E-state index < -0.39 is 22.5 Å². The molecule has 4 aromatic heterocycles. The van der Waals surface area contributed by atoms with Gasteiger partial charge in [-0.3, -0.25) is 32.7 Å². The minimum Gasteiger partial charge on any atom is -0.316 e. The normalized spacial score (nSPS) is 11.7. The molecule has 0 aliphatic carbocycles. The maximum atomic E-state index is 12.6. The number of ketones is 1. The van der Waals surface area contributed by atoms with Gasteiger partial charge in [0.15, 0.2) is 38.4 Å². The van der Waals surface area contributed by atoms with E-state index in [4.69, 9.17) is 0 Å². The lowest BCUT2D eigenvalue weighted by Gasteiger charge is -2.04. The first-order valence-corrected chi connectivity index (χ1v) is 11.9. The summed E-state index contributed by atoms with van der Waals surface area (Å²) in [5, 5.41) is 0.876. The van der Waals surface area contributed by atoms with Crippen LogP contribution in [0.25, 0.3) is 22.3 Å². The summed E-state index contributed by atoms with van der Waals surface area (Å²) >= 11 is 2.33. The zero-order valence-electron chi connectivity index (χ0n) is 19.3. The summed E-state index contributed by atoms with van der Waals surface area (Å²) in [5.41, 5.74) is -0.794. The van der Waals surface area contributed by atoms with Gasteiger partial charge in [0.1, 0.15) is 0 Å². The minimum absolute atomic E-state index is 0.0859. The molecule has 0 unspecified atom stereocenters. The quantitative estimate of drug-likeness (QED) is 0.292. The summed E-state index contributed by atoms with van der Waals surface area (Å²) in [6.07, 6.45) is 0. The molecular weight excluding hydrogens is 484 g/mol. The molecule has 0 radical (unpaired) electrons. The van der Waals surface area contributed by atoms with Gasteiger partial charge in [0.25, 0.3) is 11.1 Å². The highest BCUT2D eigenvalue weighted by Gasteiger charge is 2.20. The summed E-state index contributed by atoms with van der Waals surface area (Å²) in [7, 11) is 9.19. The summed E-state index contributed by atoms with van der Waals surface area (Å²) in [6, 6.07) is 0. The van der Waals surface area contributed by atoms with Gasteiger partial charge in [-0.25, -0.2) is 19.6 Å². The molecule has 15 heteroatoms. The fourth-order valence-corrected chi connectivity index (χ4v) is 5.37. The molecule has 0 fully saturated rings. The number of aryl methyl sites for hydroxylation is 4. The summed E-state index contributed by atoms with van der Waals surface area (Å²) in [6.45, 7) is 0. The predicted molar refractivity (Wildman–Crippen MR) is 129 cm³/mol. The molecule has 13 nitrogen and oxygen atoms in total. The Kier molecular flexibility index (Phi) is 5.93. The third-order valence-electron chi connectivity index (χ3n) is 5.59. The van der Waals surface area contributed by atoms with E-state index in [0.29, 0.717) is 10.3 Å². The highest BCUT2D eigenvalue weighted by molar-refractivity contribution is 8.01. The number of carbonyl (C=O) groups is 1. The predicted octanol–water partition coefficient (Wildman–Crippen LogP) is -1.29. The number of Topliss-reactive ketones (excluding diaryl/α,β-unsaturated/α-hetero) is 1. The molecule has 0 saturated heterocycles. The number of thioether (sulfide) groups is 2. The van der Waals surface area contributed by atoms with Crippen LogP contribution in [0, 0.1) is 0 Å². The van der Waals surface area contributed by atoms with Crippen LogP contribution in [0.2, 0.25) is 0 Å². The van der Waals surface area contributed by atoms with Gasteiger partial charge in [0.2, 0.25) is 0 Å². The molecule has 34 heavy (non-hydrogen) atoms. The van der Waals surface area contributed by atoms with E-state index in [9.17, 15) is 24.0 Å². The fourth-order valence-electron chi connectivity index (χ4n) is 3.59. The van der Waals surface area contributed by atoms with E-state index in [1.165, 1.54) is 37.3 Å². The topological polar surface area (TPSA) is 141 Å². The van der Waals surface area contributed by atoms with Crippen LogP contribution >= 0.6 is 23.5 Å². The molecule has 0 saturated carbocycles. The highest BCUT2D eigenvalue weighted by Crippen LogP contribution is 2.23. The summed E-state index contributed by atoms with van der Waals surface area (Å²) in [4.78, 5) is 70.6. The van der Waals surface area contributed by atoms with Crippen molar-refractivity contribution in [3.63, 3.8) is 0 Å². The van der Waals surface area contributed by atoms with Gasteiger partial charge in [-0.05, 0) is 0 Å². The molecule has 0 aromatic carbocycles. The van der Waals surface area contributed by atoms with E-state index in [-0.39, 0.29) is 39.6 Å². The summed E-state index contributed by atoms with van der Waals surface area (Å²) < 4.78 is 7.76. The van der Waals surface area contributed by atoms with Crippen molar-refractivity contribution in [2.24, 2.45) is 42.3 Å². The summed E-state index contributed by atoms with van der Waals surface area (Å²) in [5.74, 6) is 0.0586. The van der Waals surface area contributed by atoms with Crippen LogP contribution in [-0.2, 0) is 47.1 Å². The van der Waals surface area contributed by atoms with Crippen LogP contribution in [-0.4, -0.2) is 54.7 Å². The maximum absolute atomic E-state index is 12.6. The van der Waals surface area contributed by atoms with Gasteiger partial charge in [0.05, 0.1) is 11.5 Å². The van der Waals surface area contributed by atoms with E-state index in [1.807, 2.05) is 0 Å². The van der Waals surface area contributed by atoms with Gasteiger partial charge >= 0.3 is 11.4 Å². The Morgan fingerprint density at radius 2 is 0.971 bits per heavy atom. The van der Waals surface area contributed by atoms with Crippen molar-refractivity contribution in [2.75, 3.05) is 11.5 Å². The average Bonchev–Trinajstić information content (AvgIpc) is 3.32. The lowest BCUT2D eigenvalue weighted by atomic mass is 10.5. The second-order valence-electron chi connectivity index (χ2n) is 7.78. The fraction of sp³-hybridized carbons (Fsp3) is 0.421. The smallest absolute Gasteiger partial charge is 0.316 e. The number of hydrogen-bond donors (Lipinski definition) is 0. The molecule has 0 aliphatic rings. The molecule has 0 aliphatic heterocycles. The molecule has 4 rings (SSSR count). The van der Waals surface area contributed by atoms with Gasteiger partial charge < -0.3 is 9.13 Å². The van der Waals surface area contributed by atoms with Crippen LogP contribution in [0.5, 0.6) is 0 Å². The van der Waals surface area contributed by atoms with Crippen molar-refractivity contribution in [1.82, 2.24) is 37.4 Å². The van der Waals surface area contributed by atoms with Crippen molar-refractivity contribution < 1.29 is 4.79 Å². The second kappa shape index (κ2) is 8.47. The Labute approximate surface area is 199 Å². The van der Waals surface area contributed by atoms with Crippen LogP contribution in [0.3, 0.4) is 0 Å². The molecular formula is C19H22N8O5S2. The van der Waals surface area contributed by atoms with E-state index >= 15 is 0 Å². The Hall–Kier alpha value is -3.33. The van der Waals surface area contributed by atoms with Crippen molar-refractivity contribution in [1.29, 1.82) is 0 Å². The molecule has 4 aromatic rings. The number of nitrogens with zero attached hydrogens (tertiary/aromatic N) is 8. The SMILES string of the molecule is Cn1c(=O)c2c(nc(SCC(=O)CSc3nc4c(c(=O)n(C)c(=O)n4C)n3C)n2C)n(C)c1=O. The van der Waals surface area contributed by atoms with Crippen molar-refractivity contribution in [3.8, 4) is 0 Å². The van der Waals surface area contributed by atoms with Gasteiger partial charge in [-0.2, -0.15) is 0 Å². The maximum Gasteiger partial charge on any atom is 0.332 e. The minimum atomic E-state index is -0.477.